The third-order valence-electron chi connectivity index (χ3n) is 3.42. The molecule has 1 N–H and O–H groups in total. The van der Waals surface area contributed by atoms with Crippen LogP contribution in [0, 0.1) is 10.7 Å². The van der Waals surface area contributed by atoms with Crippen molar-refractivity contribution in [3.63, 3.8) is 0 Å². The smallest absolute Gasteiger partial charge is 0.311 e. The molecule has 2 aliphatic rings. The van der Waals surface area contributed by atoms with E-state index in [1.807, 2.05) is 6.92 Å². The number of hydrogen-bond acceptors (Lipinski definition) is 3. The van der Waals surface area contributed by atoms with Gasteiger partial charge in [0.2, 0.25) is 0 Å². The Morgan fingerprint density at radius 3 is 3.25 bits per heavy atom. The van der Waals surface area contributed by atoms with Crippen molar-refractivity contribution >= 4 is 18.2 Å². The third-order valence-corrected chi connectivity index (χ3v) is 3.74. The van der Waals surface area contributed by atoms with Gasteiger partial charge in [0.1, 0.15) is 0 Å². The van der Waals surface area contributed by atoms with E-state index in [9.17, 15) is 4.79 Å². The number of rotatable bonds is 3. The molecule has 1 aromatic rings. The molecule has 0 saturated heterocycles. The minimum atomic E-state index is -0.175. The van der Waals surface area contributed by atoms with Crippen molar-refractivity contribution in [3.8, 4) is 0 Å². The predicted octanol–water partition coefficient (Wildman–Crippen LogP) is 1.77. The largest absolute Gasteiger partial charge is 0.466 e. The van der Waals surface area contributed by atoms with Crippen LogP contribution in [0.1, 0.15) is 30.7 Å². The van der Waals surface area contributed by atoms with Crippen molar-refractivity contribution < 1.29 is 9.53 Å². The van der Waals surface area contributed by atoms with E-state index in [1.165, 1.54) is 12.1 Å². The Kier molecular flexibility index (Phi) is 2.17. The Hall–Kier alpha value is -1.10. The number of H-pyrrole nitrogens is 1. The van der Waals surface area contributed by atoms with Gasteiger partial charge in [-0.3, -0.25) is 4.79 Å². The molecule has 3 rings (SSSR count). The molecule has 5 heteroatoms. The summed E-state index contributed by atoms with van der Waals surface area (Å²) in [6.07, 6.45) is 1.57. The van der Waals surface area contributed by atoms with E-state index in [4.69, 9.17) is 17.0 Å². The number of hydrogen-bond donors (Lipinski definition) is 1. The lowest BCUT2D eigenvalue weighted by Crippen LogP contribution is -2.09. The number of carbonyl (C=O) groups excluding carboxylic acids is 1. The summed E-state index contributed by atoms with van der Waals surface area (Å²) >= 11 is 5.25. The maximum Gasteiger partial charge on any atom is 0.311 e. The molecule has 1 aromatic heterocycles. The summed E-state index contributed by atoms with van der Waals surface area (Å²) in [5.74, 6) is 1.23. The Labute approximate surface area is 98.6 Å². The Balaban J connectivity index is 1.88. The van der Waals surface area contributed by atoms with Gasteiger partial charge in [-0.05, 0) is 31.5 Å². The molecular formula is C11H14N2O2S. The molecule has 16 heavy (non-hydrogen) atoms. The van der Waals surface area contributed by atoms with Crippen molar-refractivity contribution in [2.75, 3.05) is 6.61 Å². The van der Waals surface area contributed by atoms with Crippen LogP contribution in [-0.4, -0.2) is 22.1 Å². The number of imidazole rings is 1. The van der Waals surface area contributed by atoms with E-state index in [0.717, 1.165) is 22.9 Å². The van der Waals surface area contributed by atoms with Gasteiger partial charge in [-0.2, -0.15) is 0 Å². The highest BCUT2D eigenvalue weighted by atomic mass is 32.1. The lowest BCUT2D eigenvalue weighted by Gasteiger charge is -2.03. The lowest BCUT2D eigenvalue weighted by molar-refractivity contribution is -0.142. The second kappa shape index (κ2) is 3.45. The summed E-state index contributed by atoms with van der Waals surface area (Å²) in [7, 11) is 0. The summed E-state index contributed by atoms with van der Waals surface area (Å²) in [6, 6.07) is 0. The van der Waals surface area contributed by atoms with Gasteiger partial charge in [-0.1, -0.05) is 0 Å². The van der Waals surface area contributed by atoms with Crippen LogP contribution in [0.5, 0.6) is 0 Å². The molecule has 0 bridgehead atoms. The molecule has 0 radical (unpaired) electrons. The highest BCUT2D eigenvalue weighted by Crippen LogP contribution is 2.54. The molecule has 0 spiro atoms. The van der Waals surface area contributed by atoms with Gasteiger partial charge in [-0.25, -0.2) is 0 Å². The number of esters is 1. The molecule has 2 unspecified atom stereocenters. The number of aromatic nitrogens is 2. The first kappa shape index (κ1) is 10.1. The second-order valence-corrected chi connectivity index (χ2v) is 4.88. The molecule has 1 aliphatic heterocycles. The molecule has 1 aliphatic carbocycles. The van der Waals surface area contributed by atoms with Gasteiger partial charge in [0.25, 0.3) is 0 Å². The molecular weight excluding hydrogens is 224 g/mol. The zero-order chi connectivity index (χ0) is 11.3. The van der Waals surface area contributed by atoms with Crippen LogP contribution >= 0.6 is 12.2 Å². The fourth-order valence-corrected chi connectivity index (χ4v) is 2.94. The van der Waals surface area contributed by atoms with Gasteiger partial charge in [0.05, 0.1) is 13.0 Å². The van der Waals surface area contributed by atoms with Crippen molar-refractivity contribution in [1.82, 2.24) is 9.55 Å². The zero-order valence-electron chi connectivity index (χ0n) is 9.16. The first-order chi connectivity index (χ1) is 7.70. The number of nitrogens with zero attached hydrogens (tertiary/aromatic N) is 1. The second-order valence-electron chi connectivity index (χ2n) is 4.49. The lowest BCUT2D eigenvalue weighted by atomic mass is 10.2. The monoisotopic (exact) mass is 238 g/mol. The maximum atomic E-state index is 11.5. The molecule has 1 fully saturated rings. The van der Waals surface area contributed by atoms with Crippen LogP contribution in [0.3, 0.4) is 0 Å². The topological polar surface area (TPSA) is 47.0 Å². The molecule has 2 atom stereocenters. The predicted molar refractivity (Wildman–Crippen MR) is 60.8 cm³/mol. The fourth-order valence-electron chi connectivity index (χ4n) is 2.65. The van der Waals surface area contributed by atoms with Gasteiger partial charge in [-0.15, -0.1) is 0 Å². The van der Waals surface area contributed by atoms with Crippen molar-refractivity contribution in [3.05, 3.63) is 16.2 Å². The number of fused-ring (bicyclic) bond motifs is 3. The molecule has 4 nitrogen and oxygen atoms in total. The summed E-state index contributed by atoms with van der Waals surface area (Å²) in [4.78, 5) is 14.6. The standard InChI is InChI=1S/C11H14N2O2S/c1-2-15-9(14)4-8-10-7-3-6(7)5-13(10)11(16)12-8/h6-7H,2-5H2,1H3,(H,12,16). The number of nitrogens with one attached hydrogen (secondary N) is 1. The van der Waals surface area contributed by atoms with E-state index in [2.05, 4.69) is 9.55 Å². The highest BCUT2D eigenvalue weighted by molar-refractivity contribution is 7.71. The zero-order valence-corrected chi connectivity index (χ0v) is 9.97. The van der Waals surface area contributed by atoms with Crippen molar-refractivity contribution in [2.24, 2.45) is 5.92 Å². The normalized spacial score (nSPS) is 25.1. The van der Waals surface area contributed by atoms with E-state index in [1.54, 1.807) is 0 Å². The Morgan fingerprint density at radius 2 is 2.50 bits per heavy atom. The highest BCUT2D eigenvalue weighted by Gasteiger charge is 2.47. The first-order valence-corrected chi connectivity index (χ1v) is 6.08. The van der Waals surface area contributed by atoms with Crippen LogP contribution in [0.4, 0.5) is 0 Å². The van der Waals surface area contributed by atoms with Crippen LogP contribution in [0.15, 0.2) is 0 Å². The minimum absolute atomic E-state index is 0.175. The SMILES string of the molecule is CCOC(=O)Cc1[nH]c(=S)n2c1C1CC1C2. The van der Waals surface area contributed by atoms with Gasteiger partial charge in [0, 0.05) is 23.9 Å². The van der Waals surface area contributed by atoms with E-state index < -0.39 is 0 Å². The minimum Gasteiger partial charge on any atom is -0.466 e. The van der Waals surface area contributed by atoms with E-state index in [-0.39, 0.29) is 5.97 Å². The van der Waals surface area contributed by atoms with E-state index >= 15 is 0 Å². The summed E-state index contributed by atoms with van der Waals surface area (Å²) in [5.41, 5.74) is 2.22. The van der Waals surface area contributed by atoms with Crippen molar-refractivity contribution in [2.45, 2.75) is 32.2 Å². The summed E-state index contributed by atoms with van der Waals surface area (Å²) in [6.45, 7) is 3.28. The van der Waals surface area contributed by atoms with Gasteiger partial charge in [0.15, 0.2) is 4.77 Å². The molecule has 1 saturated carbocycles. The van der Waals surface area contributed by atoms with E-state index in [0.29, 0.717) is 18.9 Å². The number of carbonyl (C=O) groups is 1. The van der Waals surface area contributed by atoms with Crippen molar-refractivity contribution in [1.29, 1.82) is 0 Å². The molecule has 0 aromatic carbocycles. The number of aromatic amines is 1. The van der Waals surface area contributed by atoms with Gasteiger partial charge >= 0.3 is 5.97 Å². The van der Waals surface area contributed by atoms with Crippen LogP contribution in [0.25, 0.3) is 0 Å². The summed E-state index contributed by atoms with van der Waals surface area (Å²) in [5, 5.41) is 0. The van der Waals surface area contributed by atoms with Crippen LogP contribution in [-0.2, 0) is 22.5 Å². The average molecular weight is 238 g/mol. The van der Waals surface area contributed by atoms with Gasteiger partial charge < -0.3 is 14.3 Å². The molecule has 2 heterocycles. The third kappa shape index (κ3) is 1.42. The number of ether oxygens (including phenoxy) is 1. The van der Waals surface area contributed by atoms with Crippen LogP contribution < -0.4 is 0 Å². The summed E-state index contributed by atoms with van der Waals surface area (Å²) < 4.78 is 7.85. The Bertz CT molecular complexity index is 503. The average Bonchev–Trinajstić information content (AvgIpc) is 2.78. The van der Waals surface area contributed by atoms with Crippen LogP contribution in [0.2, 0.25) is 0 Å². The first-order valence-electron chi connectivity index (χ1n) is 5.68. The molecule has 0 amide bonds. The Morgan fingerprint density at radius 1 is 1.69 bits per heavy atom. The molecule has 86 valence electrons. The fraction of sp³-hybridized carbons (Fsp3) is 0.636. The quantitative estimate of drug-likeness (QED) is 0.645. The maximum absolute atomic E-state index is 11.5.